The van der Waals surface area contributed by atoms with Gasteiger partial charge in [-0.2, -0.15) is 0 Å². The van der Waals surface area contributed by atoms with E-state index in [1.54, 1.807) is 6.20 Å². The molecule has 0 bridgehead atoms. The molecule has 4 nitrogen and oxygen atoms in total. The number of hydrogen-bond acceptors (Lipinski definition) is 3. The lowest BCUT2D eigenvalue weighted by atomic mass is 10.00. The van der Waals surface area contributed by atoms with Gasteiger partial charge in [0, 0.05) is 17.7 Å². The second kappa shape index (κ2) is 5.07. The van der Waals surface area contributed by atoms with Gasteiger partial charge in [0.25, 0.3) is 0 Å². The number of hydrogen-bond donors (Lipinski definition) is 2. The third-order valence-electron chi connectivity index (χ3n) is 2.19. The first-order valence-electron chi connectivity index (χ1n) is 5.38. The Labute approximate surface area is 96.3 Å². The van der Waals surface area contributed by atoms with Gasteiger partial charge in [0.1, 0.15) is 0 Å². The Kier molecular flexibility index (Phi) is 4.01. The minimum atomic E-state index is -0.303. The zero-order valence-electron chi connectivity index (χ0n) is 10.1. The number of carbonyl (C=O) groups is 1. The normalized spacial score (nSPS) is 11.2. The smallest absolute Gasteiger partial charge is 0.224 e. The van der Waals surface area contributed by atoms with Crippen LogP contribution in [0.4, 0.5) is 5.69 Å². The van der Waals surface area contributed by atoms with E-state index >= 15 is 0 Å². The summed E-state index contributed by atoms with van der Waals surface area (Å²) in [5.74, 6) is -0.0239. The van der Waals surface area contributed by atoms with Gasteiger partial charge < -0.3 is 11.1 Å². The number of pyridine rings is 1. The second-order valence-corrected chi connectivity index (χ2v) is 4.73. The maximum absolute atomic E-state index is 11.5. The van der Waals surface area contributed by atoms with Gasteiger partial charge in [0.05, 0.1) is 11.9 Å². The van der Waals surface area contributed by atoms with Crippen molar-refractivity contribution in [3.63, 3.8) is 0 Å². The molecule has 4 heteroatoms. The Hall–Kier alpha value is -1.42. The van der Waals surface area contributed by atoms with Crippen molar-refractivity contribution < 1.29 is 4.79 Å². The van der Waals surface area contributed by atoms with Crippen LogP contribution < -0.4 is 11.1 Å². The number of aromatic nitrogens is 1. The quantitative estimate of drug-likeness (QED) is 0.815. The van der Waals surface area contributed by atoms with Crippen molar-refractivity contribution in [2.75, 3.05) is 5.32 Å². The first-order valence-corrected chi connectivity index (χ1v) is 5.38. The van der Waals surface area contributed by atoms with E-state index in [0.717, 1.165) is 11.4 Å². The standard InChI is InChI=1S/C12H19N3O/c1-9-4-5-10(8-14-9)15-11(16)6-7-12(2,3)13/h4-5,8H,6-7,13H2,1-3H3,(H,15,16). The van der Waals surface area contributed by atoms with Crippen LogP contribution in [-0.4, -0.2) is 16.4 Å². The van der Waals surface area contributed by atoms with Gasteiger partial charge >= 0.3 is 0 Å². The molecule has 1 aromatic rings. The van der Waals surface area contributed by atoms with Crippen molar-refractivity contribution in [3.05, 3.63) is 24.0 Å². The van der Waals surface area contributed by atoms with Crippen LogP contribution in [0.15, 0.2) is 18.3 Å². The van der Waals surface area contributed by atoms with E-state index in [9.17, 15) is 4.79 Å². The number of amides is 1. The van der Waals surface area contributed by atoms with Gasteiger partial charge in [-0.1, -0.05) is 0 Å². The number of nitrogens with zero attached hydrogens (tertiary/aromatic N) is 1. The Morgan fingerprint density at radius 2 is 2.19 bits per heavy atom. The lowest BCUT2D eigenvalue weighted by Gasteiger charge is -2.17. The number of anilines is 1. The lowest BCUT2D eigenvalue weighted by molar-refractivity contribution is -0.116. The molecule has 1 aromatic heterocycles. The number of carbonyl (C=O) groups excluding carboxylic acids is 1. The van der Waals surface area contributed by atoms with Crippen molar-refractivity contribution in [1.82, 2.24) is 4.98 Å². The molecule has 0 radical (unpaired) electrons. The molecular weight excluding hydrogens is 202 g/mol. The van der Waals surface area contributed by atoms with Crippen molar-refractivity contribution in [2.45, 2.75) is 39.2 Å². The van der Waals surface area contributed by atoms with E-state index in [4.69, 9.17) is 5.73 Å². The zero-order chi connectivity index (χ0) is 12.2. The van der Waals surface area contributed by atoms with Gasteiger partial charge in [-0.15, -0.1) is 0 Å². The van der Waals surface area contributed by atoms with E-state index in [-0.39, 0.29) is 11.4 Å². The predicted octanol–water partition coefficient (Wildman–Crippen LogP) is 1.85. The number of rotatable bonds is 4. The molecule has 0 saturated heterocycles. The average molecular weight is 221 g/mol. The van der Waals surface area contributed by atoms with Gasteiger partial charge in [0.15, 0.2) is 0 Å². The van der Waals surface area contributed by atoms with Crippen molar-refractivity contribution in [2.24, 2.45) is 5.73 Å². The molecule has 0 atom stereocenters. The summed E-state index contributed by atoms with van der Waals surface area (Å²) in [6.45, 7) is 5.73. The molecule has 1 heterocycles. The van der Waals surface area contributed by atoms with Crippen molar-refractivity contribution >= 4 is 11.6 Å². The molecule has 0 aliphatic heterocycles. The maximum Gasteiger partial charge on any atom is 0.224 e. The highest BCUT2D eigenvalue weighted by Crippen LogP contribution is 2.10. The highest BCUT2D eigenvalue weighted by atomic mass is 16.1. The van der Waals surface area contributed by atoms with Crippen LogP contribution in [0, 0.1) is 6.92 Å². The van der Waals surface area contributed by atoms with Gasteiger partial charge in [0.2, 0.25) is 5.91 Å². The first-order chi connectivity index (χ1) is 7.37. The van der Waals surface area contributed by atoms with E-state index in [0.29, 0.717) is 12.8 Å². The Balaban J connectivity index is 2.43. The van der Waals surface area contributed by atoms with Crippen LogP contribution in [0.3, 0.4) is 0 Å². The van der Waals surface area contributed by atoms with Crippen molar-refractivity contribution in [1.29, 1.82) is 0 Å². The highest BCUT2D eigenvalue weighted by Gasteiger charge is 2.13. The fourth-order valence-electron chi connectivity index (χ4n) is 1.20. The fraction of sp³-hybridized carbons (Fsp3) is 0.500. The van der Waals surface area contributed by atoms with Crippen LogP contribution in [0.2, 0.25) is 0 Å². The monoisotopic (exact) mass is 221 g/mol. The summed E-state index contributed by atoms with van der Waals surface area (Å²) in [5.41, 5.74) is 7.16. The molecule has 0 fully saturated rings. The van der Waals surface area contributed by atoms with Gasteiger partial charge in [-0.25, -0.2) is 0 Å². The molecule has 0 aromatic carbocycles. The molecule has 0 aliphatic carbocycles. The molecule has 0 spiro atoms. The summed E-state index contributed by atoms with van der Waals surface area (Å²) in [6.07, 6.45) is 2.75. The molecule has 1 rings (SSSR count). The first kappa shape index (κ1) is 12.6. The summed E-state index contributed by atoms with van der Waals surface area (Å²) in [4.78, 5) is 15.7. The topological polar surface area (TPSA) is 68.0 Å². The molecule has 0 saturated carbocycles. The molecule has 3 N–H and O–H groups in total. The Bertz CT molecular complexity index is 352. The summed E-state index contributed by atoms with van der Waals surface area (Å²) in [5, 5.41) is 2.78. The third-order valence-corrected chi connectivity index (χ3v) is 2.19. The number of nitrogens with one attached hydrogen (secondary N) is 1. The second-order valence-electron chi connectivity index (χ2n) is 4.73. The molecule has 0 aliphatic rings. The van der Waals surface area contributed by atoms with E-state index < -0.39 is 0 Å². The van der Waals surface area contributed by atoms with E-state index in [2.05, 4.69) is 10.3 Å². The van der Waals surface area contributed by atoms with Gasteiger partial charge in [-0.05, 0) is 39.3 Å². The summed E-state index contributed by atoms with van der Waals surface area (Å²) < 4.78 is 0. The van der Waals surface area contributed by atoms with Crippen LogP contribution in [0.5, 0.6) is 0 Å². The summed E-state index contributed by atoms with van der Waals surface area (Å²) >= 11 is 0. The maximum atomic E-state index is 11.5. The van der Waals surface area contributed by atoms with Crippen LogP contribution >= 0.6 is 0 Å². The summed E-state index contributed by atoms with van der Waals surface area (Å²) in [6, 6.07) is 3.70. The zero-order valence-corrected chi connectivity index (χ0v) is 10.1. The minimum Gasteiger partial charge on any atom is -0.326 e. The highest BCUT2D eigenvalue weighted by molar-refractivity contribution is 5.90. The van der Waals surface area contributed by atoms with Crippen LogP contribution in [0.1, 0.15) is 32.4 Å². The third kappa shape index (κ3) is 4.89. The predicted molar refractivity (Wildman–Crippen MR) is 65.1 cm³/mol. The van der Waals surface area contributed by atoms with E-state index in [1.165, 1.54) is 0 Å². The van der Waals surface area contributed by atoms with Crippen LogP contribution in [0.25, 0.3) is 0 Å². The number of nitrogens with two attached hydrogens (primary N) is 1. The lowest BCUT2D eigenvalue weighted by Crippen LogP contribution is -2.33. The van der Waals surface area contributed by atoms with Crippen molar-refractivity contribution in [3.8, 4) is 0 Å². The Morgan fingerprint density at radius 3 is 2.69 bits per heavy atom. The largest absolute Gasteiger partial charge is 0.326 e. The molecule has 16 heavy (non-hydrogen) atoms. The molecule has 0 unspecified atom stereocenters. The molecule has 88 valence electrons. The van der Waals surface area contributed by atoms with Crippen LogP contribution in [-0.2, 0) is 4.79 Å². The Morgan fingerprint density at radius 1 is 1.50 bits per heavy atom. The molecule has 1 amide bonds. The fourth-order valence-corrected chi connectivity index (χ4v) is 1.20. The van der Waals surface area contributed by atoms with Gasteiger partial charge in [-0.3, -0.25) is 9.78 Å². The summed E-state index contributed by atoms with van der Waals surface area (Å²) in [7, 11) is 0. The SMILES string of the molecule is Cc1ccc(NC(=O)CCC(C)(C)N)cn1. The average Bonchev–Trinajstić information content (AvgIpc) is 2.18. The molecular formula is C12H19N3O. The van der Waals surface area contributed by atoms with E-state index in [1.807, 2.05) is 32.9 Å². The minimum absolute atomic E-state index is 0.0239. The number of aryl methyl sites for hydroxylation is 1.